The van der Waals surface area contributed by atoms with Crippen molar-refractivity contribution in [3.05, 3.63) is 0 Å². The first kappa shape index (κ1) is 21.3. The van der Waals surface area contributed by atoms with E-state index in [4.69, 9.17) is 4.74 Å². The molecule has 154 valence electrons. The Bertz CT molecular complexity index is 555. The van der Waals surface area contributed by atoms with Gasteiger partial charge < -0.3 is 19.7 Å². The minimum Gasteiger partial charge on any atom is -0.454 e. The Morgan fingerprint density at radius 3 is 2.52 bits per heavy atom. The molecule has 7 nitrogen and oxygen atoms in total. The molecule has 0 bridgehead atoms. The normalized spacial score (nSPS) is 25.3. The summed E-state index contributed by atoms with van der Waals surface area (Å²) in [4.78, 5) is 36.8. The molecule has 2 aliphatic rings. The number of rotatable bonds is 5. The molecule has 1 saturated heterocycles. The van der Waals surface area contributed by atoms with E-state index in [9.17, 15) is 27.6 Å². The average Bonchev–Trinajstić information content (AvgIpc) is 2.62. The molecule has 0 aromatic rings. The van der Waals surface area contributed by atoms with Gasteiger partial charge in [0.25, 0.3) is 5.91 Å². The largest absolute Gasteiger partial charge is 0.454 e. The van der Waals surface area contributed by atoms with E-state index in [1.807, 2.05) is 5.32 Å². The number of carbonyl (C=O) groups is 3. The lowest BCUT2D eigenvalue weighted by Crippen LogP contribution is -2.53. The zero-order valence-corrected chi connectivity index (χ0v) is 15.2. The summed E-state index contributed by atoms with van der Waals surface area (Å²) in [7, 11) is 0. The summed E-state index contributed by atoms with van der Waals surface area (Å²) in [5.74, 6) is -0.171. The monoisotopic (exact) mass is 394 g/mol. The molecule has 1 aliphatic heterocycles. The molecule has 10 heteroatoms. The highest BCUT2D eigenvalue weighted by molar-refractivity contribution is 5.83. The molecule has 0 unspecified atom stereocenters. The summed E-state index contributed by atoms with van der Waals surface area (Å²) in [5.41, 5.74) is 0. The van der Waals surface area contributed by atoms with Crippen LogP contribution in [0, 0.1) is 11.8 Å². The van der Waals surface area contributed by atoms with E-state index in [-0.39, 0.29) is 11.9 Å². The molecule has 0 radical (unpaired) electrons. The van der Waals surface area contributed by atoms with Crippen LogP contribution >= 0.6 is 0 Å². The van der Waals surface area contributed by atoms with E-state index in [0.29, 0.717) is 18.4 Å². The lowest BCUT2D eigenvalue weighted by molar-refractivity contribution is -0.160. The van der Waals surface area contributed by atoms with Gasteiger partial charge in [-0.15, -0.1) is 0 Å². The van der Waals surface area contributed by atoms with Crippen molar-refractivity contribution in [3.8, 4) is 0 Å². The molecule has 1 N–H and O–H groups in total. The van der Waals surface area contributed by atoms with Gasteiger partial charge in [0.05, 0.1) is 0 Å². The van der Waals surface area contributed by atoms with Gasteiger partial charge in [-0.25, -0.2) is 4.79 Å². The Kier molecular flexibility index (Phi) is 7.32. The zero-order valence-electron chi connectivity index (χ0n) is 15.2. The summed E-state index contributed by atoms with van der Waals surface area (Å²) in [6.45, 7) is -0.0415. The number of alkyl halides is 3. The quantitative estimate of drug-likeness (QED) is 0.723. The fourth-order valence-corrected chi connectivity index (χ4v) is 3.84. The smallest absolute Gasteiger partial charge is 0.422 e. The molecule has 2 amide bonds. The molecule has 2 fully saturated rings. The third-order valence-corrected chi connectivity index (χ3v) is 5.16. The number of halogens is 3. The van der Waals surface area contributed by atoms with Crippen molar-refractivity contribution in [2.45, 2.75) is 51.2 Å². The molecular formula is C17H25F3N2O5. The number of ether oxygens (including phenoxy) is 2. The number of fused-ring (bicyclic) bond motifs is 1. The van der Waals surface area contributed by atoms with Crippen molar-refractivity contribution < 1.29 is 37.0 Å². The van der Waals surface area contributed by atoms with Crippen LogP contribution in [-0.4, -0.2) is 61.4 Å². The predicted octanol–water partition coefficient (Wildman–Crippen LogP) is 2.25. The Balaban J connectivity index is 1.71. The van der Waals surface area contributed by atoms with E-state index in [2.05, 4.69) is 11.7 Å². The van der Waals surface area contributed by atoms with Crippen LogP contribution in [0.25, 0.3) is 0 Å². The fraction of sp³-hybridized carbons (Fsp3) is 0.824. The molecule has 0 aromatic carbocycles. The first-order valence-corrected chi connectivity index (χ1v) is 9.10. The average molecular weight is 394 g/mol. The van der Waals surface area contributed by atoms with Crippen molar-refractivity contribution in [1.82, 2.24) is 10.2 Å². The van der Waals surface area contributed by atoms with Gasteiger partial charge in [-0.05, 0) is 31.1 Å². The summed E-state index contributed by atoms with van der Waals surface area (Å²) < 4.78 is 44.4. The zero-order chi connectivity index (χ0) is 20.0. The standard InChI is InChI=1S/C17H25F3N2O5/c1-11-6-7-22(13-5-3-2-4-12(11)13)14(23)9-26-15(24)8-21-16(25)27-10-17(18,19)20/h11-13H,2-10H2,1H3,(H,21,25)/t11-,12-,13+/m1/s1. The molecule has 27 heavy (non-hydrogen) atoms. The molecule has 1 heterocycles. The molecule has 0 spiro atoms. The SMILES string of the molecule is C[C@@H]1CCN(C(=O)COC(=O)CNC(=O)OCC(F)(F)F)[C@H]2CCCC[C@H]12. The van der Waals surface area contributed by atoms with Gasteiger partial charge >= 0.3 is 18.2 Å². The first-order chi connectivity index (χ1) is 12.7. The van der Waals surface area contributed by atoms with Crippen LogP contribution in [0.2, 0.25) is 0 Å². The van der Waals surface area contributed by atoms with Crippen molar-refractivity contribution in [2.24, 2.45) is 11.8 Å². The minimum atomic E-state index is -4.65. The topological polar surface area (TPSA) is 84.9 Å². The van der Waals surface area contributed by atoms with Gasteiger partial charge in [0.1, 0.15) is 6.54 Å². The lowest BCUT2D eigenvalue weighted by Gasteiger charge is -2.47. The molecule has 0 aromatic heterocycles. The third-order valence-electron chi connectivity index (χ3n) is 5.16. The maximum atomic E-state index is 12.4. The van der Waals surface area contributed by atoms with Crippen LogP contribution in [0.5, 0.6) is 0 Å². The number of nitrogens with one attached hydrogen (secondary N) is 1. The number of piperidine rings is 1. The highest BCUT2D eigenvalue weighted by Gasteiger charge is 2.39. The second-order valence-corrected chi connectivity index (χ2v) is 7.07. The lowest BCUT2D eigenvalue weighted by atomic mass is 9.72. The maximum Gasteiger partial charge on any atom is 0.422 e. The number of amides is 2. The van der Waals surface area contributed by atoms with E-state index in [1.54, 1.807) is 4.90 Å². The Morgan fingerprint density at radius 1 is 1.11 bits per heavy atom. The van der Waals surface area contributed by atoms with Gasteiger partial charge in [-0.1, -0.05) is 19.8 Å². The predicted molar refractivity (Wildman–Crippen MR) is 87.6 cm³/mol. The van der Waals surface area contributed by atoms with Gasteiger partial charge in [-0.3, -0.25) is 9.59 Å². The molecule has 2 rings (SSSR count). The molecule has 3 atom stereocenters. The van der Waals surface area contributed by atoms with Crippen LogP contribution in [0.15, 0.2) is 0 Å². The van der Waals surface area contributed by atoms with Gasteiger partial charge in [0.15, 0.2) is 13.2 Å². The van der Waals surface area contributed by atoms with E-state index < -0.39 is 38.0 Å². The maximum absolute atomic E-state index is 12.4. The summed E-state index contributed by atoms with van der Waals surface area (Å²) in [5, 5.41) is 1.85. The number of esters is 1. The number of hydrogen-bond acceptors (Lipinski definition) is 5. The Labute approximate surface area is 155 Å². The van der Waals surface area contributed by atoms with Gasteiger partial charge in [0.2, 0.25) is 0 Å². The first-order valence-electron chi connectivity index (χ1n) is 9.10. The summed E-state index contributed by atoms with van der Waals surface area (Å²) >= 11 is 0. The second-order valence-electron chi connectivity index (χ2n) is 7.07. The number of nitrogens with zero attached hydrogens (tertiary/aromatic N) is 1. The summed E-state index contributed by atoms with van der Waals surface area (Å²) in [6.07, 6.45) is -0.841. The van der Waals surface area contributed by atoms with Crippen LogP contribution in [0.1, 0.15) is 39.0 Å². The van der Waals surface area contributed by atoms with E-state index >= 15 is 0 Å². The van der Waals surface area contributed by atoms with E-state index in [1.165, 1.54) is 6.42 Å². The number of carbonyl (C=O) groups excluding carboxylic acids is 3. The number of likely N-dealkylation sites (tertiary alicyclic amines) is 1. The van der Waals surface area contributed by atoms with Crippen molar-refractivity contribution in [1.29, 1.82) is 0 Å². The van der Waals surface area contributed by atoms with Crippen molar-refractivity contribution >= 4 is 18.0 Å². The molecular weight excluding hydrogens is 369 g/mol. The van der Waals surface area contributed by atoms with Gasteiger partial charge in [-0.2, -0.15) is 13.2 Å². The summed E-state index contributed by atoms with van der Waals surface area (Å²) in [6, 6.07) is 0.171. The molecule has 1 aliphatic carbocycles. The second kappa shape index (κ2) is 9.27. The van der Waals surface area contributed by atoms with Crippen LogP contribution in [0.3, 0.4) is 0 Å². The Hall–Kier alpha value is -2.00. The fourth-order valence-electron chi connectivity index (χ4n) is 3.84. The van der Waals surface area contributed by atoms with Gasteiger partial charge in [0, 0.05) is 12.6 Å². The van der Waals surface area contributed by atoms with E-state index in [0.717, 1.165) is 25.7 Å². The highest BCUT2D eigenvalue weighted by atomic mass is 19.4. The third kappa shape index (κ3) is 6.59. The van der Waals surface area contributed by atoms with Crippen molar-refractivity contribution in [2.75, 3.05) is 26.3 Å². The minimum absolute atomic E-state index is 0.171. The molecule has 1 saturated carbocycles. The Morgan fingerprint density at radius 2 is 1.81 bits per heavy atom. The van der Waals surface area contributed by atoms with Crippen LogP contribution in [-0.2, 0) is 19.1 Å². The van der Waals surface area contributed by atoms with Crippen molar-refractivity contribution in [3.63, 3.8) is 0 Å². The highest BCUT2D eigenvalue weighted by Crippen LogP contribution is 2.38. The van der Waals surface area contributed by atoms with Crippen LogP contribution < -0.4 is 5.32 Å². The number of hydrogen-bond donors (Lipinski definition) is 1. The number of alkyl carbamates (subject to hydrolysis) is 1. The van der Waals surface area contributed by atoms with Crippen LogP contribution in [0.4, 0.5) is 18.0 Å².